The molecule has 2 aliphatic rings. The number of fused-ring (bicyclic) bond motifs is 1. The molecule has 1 fully saturated rings. The van der Waals surface area contributed by atoms with Gasteiger partial charge < -0.3 is 24.4 Å². The Morgan fingerprint density at radius 1 is 1.09 bits per heavy atom. The van der Waals surface area contributed by atoms with E-state index in [1.807, 2.05) is 25.1 Å². The summed E-state index contributed by atoms with van der Waals surface area (Å²) in [6.45, 7) is 5.53. The third kappa shape index (κ3) is 4.91. The van der Waals surface area contributed by atoms with Gasteiger partial charge in [-0.3, -0.25) is 9.36 Å². The lowest BCUT2D eigenvalue weighted by Gasteiger charge is -2.28. The second-order valence-corrected chi connectivity index (χ2v) is 9.08. The lowest BCUT2D eigenvalue weighted by Crippen LogP contribution is -2.38. The minimum atomic E-state index is -0.383. The van der Waals surface area contributed by atoms with Gasteiger partial charge in [-0.15, -0.1) is 10.2 Å². The molecule has 2 aromatic carbocycles. The monoisotopic (exact) mass is 467 g/mol. The number of amides is 1. The average Bonchev–Trinajstić information content (AvgIpc) is 3.47. The molecule has 3 aromatic rings. The number of hydrogen-bond donors (Lipinski definition) is 1. The molecule has 9 nitrogen and oxygen atoms in total. The third-order valence-corrected chi connectivity index (χ3v) is 6.55. The summed E-state index contributed by atoms with van der Waals surface area (Å²) in [5.41, 5.74) is 1.81. The number of hydrogen-bond acceptors (Lipinski definition) is 8. The molecule has 0 saturated carbocycles. The highest BCUT2D eigenvalue weighted by molar-refractivity contribution is 8.00. The van der Waals surface area contributed by atoms with Crippen molar-refractivity contribution in [2.24, 2.45) is 0 Å². The molecule has 33 heavy (non-hydrogen) atoms. The Labute approximate surface area is 196 Å². The van der Waals surface area contributed by atoms with Crippen LogP contribution in [0.15, 0.2) is 53.7 Å². The molecule has 0 radical (unpaired) electrons. The van der Waals surface area contributed by atoms with Gasteiger partial charge in [0.15, 0.2) is 16.7 Å². The zero-order valence-electron chi connectivity index (χ0n) is 18.3. The molecule has 172 valence electrons. The van der Waals surface area contributed by atoms with Crippen molar-refractivity contribution in [2.45, 2.75) is 23.9 Å². The Morgan fingerprint density at radius 2 is 1.88 bits per heavy atom. The predicted molar refractivity (Wildman–Crippen MR) is 125 cm³/mol. The van der Waals surface area contributed by atoms with E-state index in [1.54, 1.807) is 18.2 Å². The van der Waals surface area contributed by atoms with Crippen molar-refractivity contribution in [2.75, 3.05) is 43.3 Å². The third-order valence-electron chi connectivity index (χ3n) is 5.47. The van der Waals surface area contributed by atoms with E-state index in [0.717, 1.165) is 24.6 Å². The number of thioether (sulfide) groups is 1. The first-order valence-electron chi connectivity index (χ1n) is 10.8. The van der Waals surface area contributed by atoms with Crippen LogP contribution in [-0.4, -0.2) is 59.0 Å². The van der Waals surface area contributed by atoms with Crippen LogP contribution in [0.2, 0.25) is 0 Å². The smallest absolute Gasteiger partial charge is 0.237 e. The SMILES string of the molecule is CC(Sc1nnc(N2CCOCC2)n1Cc1ccccc1)C(=O)Nc1ccc2c(c1)OCO2. The fourth-order valence-corrected chi connectivity index (χ4v) is 4.54. The van der Waals surface area contributed by atoms with E-state index in [0.29, 0.717) is 42.1 Å². The Hall–Kier alpha value is -3.24. The second-order valence-electron chi connectivity index (χ2n) is 7.77. The van der Waals surface area contributed by atoms with Crippen LogP contribution in [0.1, 0.15) is 12.5 Å². The first-order chi connectivity index (χ1) is 16.2. The van der Waals surface area contributed by atoms with Crippen LogP contribution >= 0.6 is 11.8 Å². The van der Waals surface area contributed by atoms with Gasteiger partial charge in [-0.05, 0) is 24.6 Å². The van der Waals surface area contributed by atoms with Crippen LogP contribution in [-0.2, 0) is 16.1 Å². The van der Waals surface area contributed by atoms with Crippen LogP contribution in [0.3, 0.4) is 0 Å². The summed E-state index contributed by atoms with van der Waals surface area (Å²) < 4.78 is 18.3. The zero-order valence-corrected chi connectivity index (χ0v) is 19.1. The van der Waals surface area contributed by atoms with Crippen molar-refractivity contribution in [1.29, 1.82) is 0 Å². The molecule has 5 rings (SSSR count). The number of anilines is 2. The number of nitrogens with one attached hydrogen (secondary N) is 1. The normalized spacial score (nSPS) is 16.0. The highest BCUT2D eigenvalue weighted by atomic mass is 32.2. The van der Waals surface area contributed by atoms with Gasteiger partial charge in [-0.1, -0.05) is 42.1 Å². The molecule has 1 N–H and O–H groups in total. The number of rotatable bonds is 7. The molecule has 1 saturated heterocycles. The number of benzene rings is 2. The maximum Gasteiger partial charge on any atom is 0.237 e. The number of morpholine rings is 1. The van der Waals surface area contributed by atoms with E-state index >= 15 is 0 Å². The summed E-state index contributed by atoms with van der Waals surface area (Å²) in [4.78, 5) is 15.1. The zero-order chi connectivity index (χ0) is 22.6. The Bertz CT molecular complexity index is 1120. The van der Waals surface area contributed by atoms with Gasteiger partial charge in [0.2, 0.25) is 18.6 Å². The van der Waals surface area contributed by atoms with Crippen molar-refractivity contribution >= 4 is 29.3 Å². The van der Waals surface area contributed by atoms with Gasteiger partial charge in [-0.2, -0.15) is 0 Å². The maximum atomic E-state index is 12.9. The summed E-state index contributed by atoms with van der Waals surface area (Å²) in [5, 5.41) is 12.2. The lowest BCUT2D eigenvalue weighted by atomic mass is 10.2. The molecule has 2 aliphatic heterocycles. The quantitative estimate of drug-likeness (QED) is 0.531. The van der Waals surface area contributed by atoms with E-state index in [4.69, 9.17) is 14.2 Å². The molecular formula is C23H25N5O4S. The van der Waals surface area contributed by atoms with E-state index in [-0.39, 0.29) is 18.0 Å². The number of carbonyl (C=O) groups is 1. The van der Waals surface area contributed by atoms with Crippen molar-refractivity contribution in [3.8, 4) is 11.5 Å². The van der Waals surface area contributed by atoms with E-state index in [2.05, 4.69) is 37.1 Å². The fourth-order valence-electron chi connectivity index (χ4n) is 3.70. The van der Waals surface area contributed by atoms with E-state index in [1.165, 1.54) is 11.8 Å². The lowest BCUT2D eigenvalue weighted by molar-refractivity contribution is -0.115. The van der Waals surface area contributed by atoms with Gasteiger partial charge in [0.25, 0.3) is 0 Å². The number of ether oxygens (including phenoxy) is 3. The van der Waals surface area contributed by atoms with E-state index < -0.39 is 0 Å². The molecule has 1 atom stereocenters. The average molecular weight is 468 g/mol. The summed E-state index contributed by atoms with van der Waals surface area (Å²) in [7, 11) is 0. The second kappa shape index (κ2) is 9.72. The highest BCUT2D eigenvalue weighted by Gasteiger charge is 2.24. The minimum Gasteiger partial charge on any atom is -0.454 e. The molecule has 3 heterocycles. The van der Waals surface area contributed by atoms with E-state index in [9.17, 15) is 4.79 Å². The highest BCUT2D eigenvalue weighted by Crippen LogP contribution is 2.34. The maximum absolute atomic E-state index is 12.9. The Kier molecular flexibility index (Phi) is 6.36. The molecule has 0 aliphatic carbocycles. The Balaban J connectivity index is 1.33. The number of carbonyl (C=O) groups excluding carboxylic acids is 1. The largest absolute Gasteiger partial charge is 0.454 e. The van der Waals surface area contributed by atoms with Crippen molar-refractivity contribution in [1.82, 2.24) is 14.8 Å². The van der Waals surface area contributed by atoms with Crippen LogP contribution in [0.25, 0.3) is 0 Å². The number of aromatic nitrogens is 3. The van der Waals surface area contributed by atoms with Crippen molar-refractivity contribution < 1.29 is 19.0 Å². The summed E-state index contributed by atoms with van der Waals surface area (Å²) >= 11 is 1.39. The van der Waals surface area contributed by atoms with Crippen LogP contribution in [0.4, 0.5) is 11.6 Å². The first-order valence-corrected chi connectivity index (χ1v) is 11.7. The molecule has 0 bridgehead atoms. The predicted octanol–water partition coefficient (Wildman–Crippen LogP) is 3.01. The van der Waals surface area contributed by atoms with Gasteiger partial charge >= 0.3 is 0 Å². The summed E-state index contributed by atoms with van der Waals surface area (Å²) in [6.07, 6.45) is 0. The van der Waals surface area contributed by atoms with Crippen LogP contribution in [0.5, 0.6) is 11.5 Å². The topological polar surface area (TPSA) is 90.7 Å². The van der Waals surface area contributed by atoms with Crippen LogP contribution < -0.4 is 19.7 Å². The standard InChI is InChI=1S/C23H25N5O4S/c1-16(21(29)24-18-7-8-19-20(13-18)32-15-31-19)33-23-26-25-22(27-9-11-30-12-10-27)28(23)14-17-5-3-2-4-6-17/h2-8,13,16H,9-12,14-15H2,1H3,(H,24,29). The number of nitrogens with zero attached hydrogens (tertiary/aromatic N) is 4. The summed E-state index contributed by atoms with van der Waals surface area (Å²) in [5.74, 6) is 1.99. The summed E-state index contributed by atoms with van der Waals surface area (Å²) in [6, 6.07) is 15.5. The molecule has 0 spiro atoms. The molecule has 1 amide bonds. The van der Waals surface area contributed by atoms with Gasteiger partial charge in [0.05, 0.1) is 25.0 Å². The van der Waals surface area contributed by atoms with Gasteiger partial charge in [0, 0.05) is 24.8 Å². The molecule has 10 heteroatoms. The first kappa shape index (κ1) is 21.6. The van der Waals surface area contributed by atoms with Gasteiger partial charge in [-0.25, -0.2) is 0 Å². The van der Waals surface area contributed by atoms with Crippen molar-refractivity contribution in [3.63, 3.8) is 0 Å². The van der Waals surface area contributed by atoms with Gasteiger partial charge in [0.1, 0.15) is 0 Å². The van der Waals surface area contributed by atoms with Crippen molar-refractivity contribution in [3.05, 3.63) is 54.1 Å². The molecule has 1 aromatic heterocycles. The minimum absolute atomic E-state index is 0.124. The fraction of sp³-hybridized carbons (Fsp3) is 0.348. The molecular weight excluding hydrogens is 442 g/mol. The Morgan fingerprint density at radius 3 is 2.70 bits per heavy atom. The molecule has 1 unspecified atom stereocenters. The van der Waals surface area contributed by atoms with Crippen LogP contribution in [0, 0.1) is 0 Å².